The molecule has 0 aromatic heterocycles. The highest BCUT2D eigenvalue weighted by Crippen LogP contribution is 2.40. The summed E-state index contributed by atoms with van der Waals surface area (Å²) in [5.74, 6) is 1.01. The van der Waals surface area contributed by atoms with Crippen LogP contribution < -0.4 is 10.6 Å². The molecule has 0 radical (unpaired) electrons. The molecular weight excluding hydrogens is 255 g/mol. The molecule has 1 aliphatic heterocycles. The van der Waals surface area contributed by atoms with Crippen LogP contribution in [-0.2, 0) is 6.54 Å². The predicted molar refractivity (Wildman–Crippen MR) is 76.1 cm³/mol. The minimum atomic E-state index is 0. The van der Waals surface area contributed by atoms with Gasteiger partial charge in [-0.05, 0) is 24.3 Å². The monoisotopic (exact) mass is 274 g/mol. The van der Waals surface area contributed by atoms with Crippen molar-refractivity contribution >= 4 is 24.8 Å². The summed E-state index contributed by atoms with van der Waals surface area (Å²) in [4.78, 5) is 0. The molecule has 0 amide bonds. The molecule has 1 saturated heterocycles. The molecule has 96 valence electrons. The SMILES string of the molecule is Cl.Cl.c1ccc(CNC[C@H]2C[C@@H]3C[C@@H]3N2)cc1. The van der Waals surface area contributed by atoms with Gasteiger partial charge in [0.2, 0.25) is 0 Å². The van der Waals surface area contributed by atoms with Crippen LogP contribution in [0.3, 0.4) is 0 Å². The number of fused-ring (bicyclic) bond motifs is 1. The normalized spacial score (nSPS) is 28.8. The molecule has 0 unspecified atom stereocenters. The van der Waals surface area contributed by atoms with Gasteiger partial charge in [-0.3, -0.25) is 0 Å². The second-order valence-corrected chi connectivity index (χ2v) is 4.82. The fraction of sp³-hybridized carbons (Fsp3) is 0.538. The van der Waals surface area contributed by atoms with Crippen molar-refractivity contribution in [3.8, 4) is 0 Å². The van der Waals surface area contributed by atoms with Gasteiger partial charge in [-0.25, -0.2) is 0 Å². The molecule has 1 aromatic carbocycles. The van der Waals surface area contributed by atoms with Gasteiger partial charge >= 0.3 is 0 Å². The number of rotatable bonds is 4. The molecule has 4 heteroatoms. The van der Waals surface area contributed by atoms with Gasteiger partial charge in [0, 0.05) is 25.2 Å². The van der Waals surface area contributed by atoms with Crippen LogP contribution in [0.2, 0.25) is 0 Å². The predicted octanol–water partition coefficient (Wildman–Crippen LogP) is 2.37. The van der Waals surface area contributed by atoms with Crippen LogP contribution in [-0.4, -0.2) is 18.6 Å². The van der Waals surface area contributed by atoms with Crippen molar-refractivity contribution in [1.29, 1.82) is 0 Å². The molecule has 3 rings (SSSR count). The van der Waals surface area contributed by atoms with Crippen molar-refractivity contribution in [1.82, 2.24) is 10.6 Å². The Hall–Kier alpha value is -0.280. The third-order valence-electron chi connectivity index (χ3n) is 3.52. The molecule has 17 heavy (non-hydrogen) atoms. The van der Waals surface area contributed by atoms with Gasteiger partial charge < -0.3 is 10.6 Å². The van der Waals surface area contributed by atoms with Crippen molar-refractivity contribution in [2.24, 2.45) is 5.92 Å². The zero-order valence-electron chi connectivity index (χ0n) is 9.76. The highest BCUT2D eigenvalue weighted by Gasteiger charge is 2.45. The number of benzene rings is 1. The van der Waals surface area contributed by atoms with Gasteiger partial charge in [-0.1, -0.05) is 30.3 Å². The van der Waals surface area contributed by atoms with Crippen LogP contribution in [0.5, 0.6) is 0 Å². The quantitative estimate of drug-likeness (QED) is 0.881. The maximum Gasteiger partial charge on any atom is 0.0206 e. The highest BCUT2D eigenvalue weighted by molar-refractivity contribution is 5.85. The molecule has 1 aromatic rings. The average molecular weight is 275 g/mol. The smallest absolute Gasteiger partial charge is 0.0206 e. The molecular formula is C13H20Cl2N2. The fourth-order valence-electron chi connectivity index (χ4n) is 2.58. The lowest BCUT2D eigenvalue weighted by Crippen LogP contribution is -2.35. The third kappa shape index (κ3) is 3.85. The molecule has 0 spiro atoms. The first kappa shape index (κ1) is 14.8. The van der Waals surface area contributed by atoms with E-state index in [1.807, 2.05) is 0 Å². The number of piperidine rings is 1. The van der Waals surface area contributed by atoms with Crippen LogP contribution >= 0.6 is 24.8 Å². The van der Waals surface area contributed by atoms with E-state index in [-0.39, 0.29) is 24.8 Å². The summed E-state index contributed by atoms with van der Waals surface area (Å²) >= 11 is 0. The molecule has 1 heterocycles. The molecule has 0 bridgehead atoms. The standard InChI is InChI=1S/C13H18N2.2ClH/c1-2-4-10(5-3-1)8-14-9-12-6-11-7-13(11)15-12;;/h1-5,11-15H,6-9H2;2*1H/t11-,12-,13+;;/m1../s1. The van der Waals surface area contributed by atoms with Crippen molar-refractivity contribution < 1.29 is 0 Å². The first-order valence-electron chi connectivity index (χ1n) is 5.92. The number of hydrogen-bond donors (Lipinski definition) is 2. The Morgan fingerprint density at radius 1 is 1.12 bits per heavy atom. The molecule has 2 fully saturated rings. The summed E-state index contributed by atoms with van der Waals surface area (Å²) in [7, 11) is 0. The van der Waals surface area contributed by atoms with Crippen molar-refractivity contribution in [2.75, 3.05) is 6.54 Å². The summed E-state index contributed by atoms with van der Waals surface area (Å²) in [6.45, 7) is 2.11. The summed E-state index contributed by atoms with van der Waals surface area (Å²) < 4.78 is 0. The molecule has 3 atom stereocenters. The third-order valence-corrected chi connectivity index (χ3v) is 3.52. The lowest BCUT2D eigenvalue weighted by molar-refractivity contribution is 0.493. The Balaban J connectivity index is 0.000000722. The topological polar surface area (TPSA) is 24.1 Å². The zero-order valence-corrected chi connectivity index (χ0v) is 11.4. The Morgan fingerprint density at radius 2 is 1.88 bits per heavy atom. The minimum Gasteiger partial charge on any atom is -0.311 e. The minimum absolute atomic E-state index is 0. The second kappa shape index (κ2) is 6.60. The van der Waals surface area contributed by atoms with Crippen molar-refractivity contribution in [3.63, 3.8) is 0 Å². The summed E-state index contributed by atoms with van der Waals surface area (Å²) in [6.07, 6.45) is 2.81. The molecule has 2 nitrogen and oxygen atoms in total. The van der Waals surface area contributed by atoms with E-state index in [1.54, 1.807) is 0 Å². The van der Waals surface area contributed by atoms with E-state index in [0.29, 0.717) is 0 Å². The van der Waals surface area contributed by atoms with E-state index >= 15 is 0 Å². The molecule has 2 aliphatic rings. The largest absolute Gasteiger partial charge is 0.311 e. The van der Waals surface area contributed by atoms with Gasteiger partial charge in [-0.2, -0.15) is 0 Å². The second-order valence-electron chi connectivity index (χ2n) is 4.82. The summed E-state index contributed by atoms with van der Waals surface area (Å²) in [6, 6.07) is 12.2. The maximum absolute atomic E-state index is 3.65. The van der Waals surface area contributed by atoms with E-state index in [9.17, 15) is 0 Å². The Kier molecular flexibility index (Phi) is 5.74. The number of hydrogen-bond acceptors (Lipinski definition) is 2. The first-order chi connectivity index (χ1) is 7.42. The molecule has 2 N–H and O–H groups in total. The van der Waals surface area contributed by atoms with Crippen molar-refractivity contribution in [2.45, 2.75) is 31.5 Å². The first-order valence-corrected chi connectivity index (χ1v) is 5.92. The lowest BCUT2D eigenvalue weighted by Gasteiger charge is -2.13. The van der Waals surface area contributed by atoms with Gasteiger partial charge in [0.25, 0.3) is 0 Å². The molecule has 1 aliphatic carbocycles. The van der Waals surface area contributed by atoms with Gasteiger partial charge in [0.1, 0.15) is 0 Å². The van der Waals surface area contributed by atoms with Crippen molar-refractivity contribution in [3.05, 3.63) is 35.9 Å². The van der Waals surface area contributed by atoms with Crippen LogP contribution in [0, 0.1) is 5.92 Å². The maximum atomic E-state index is 3.65. The van der Waals surface area contributed by atoms with Gasteiger partial charge in [-0.15, -0.1) is 24.8 Å². The zero-order chi connectivity index (χ0) is 10.1. The van der Waals surface area contributed by atoms with E-state index < -0.39 is 0 Å². The fourth-order valence-corrected chi connectivity index (χ4v) is 2.58. The number of halogens is 2. The van der Waals surface area contributed by atoms with Gasteiger partial charge in [0.15, 0.2) is 0 Å². The Labute approximate surface area is 115 Å². The number of nitrogens with one attached hydrogen (secondary N) is 2. The Bertz CT molecular complexity index is 321. The van der Waals surface area contributed by atoms with Gasteiger partial charge in [0.05, 0.1) is 0 Å². The van der Waals surface area contributed by atoms with E-state index in [4.69, 9.17) is 0 Å². The molecule has 1 saturated carbocycles. The van der Waals surface area contributed by atoms with E-state index in [1.165, 1.54) is 18.4 Å². The average Bonchev–Trinajstić information content (AvgIpc) is 2.88. The van der Waals surface area contributed by atoms with Crippen LogP contribution in [0.25, 0.3) is 0 Å². The summed E-state index contributed by atoms with van der Waals surface area (Å²) in [5, 5.41) is 7.17. The van der Waals surface area contributed by atoms with Crippen LogP contribution in [0.4, 0.5) is 0 Å². The van der Waals surface area contributed by atoms with Crippen LogP contribution in [0.15, 0.2) is 30.3 Å². The summed E-state index contributed by atoms with van der Waals surface area (Å²) in [5.41, 5.74) is 1.38. The highest BCUT2D eigenvalue weighted by atomic mass is 35.5. The lowest BCUT2D eigenvalue weighted by atomic mass is 10.1. The Morgan fingerprint density at radius 3 is 2.53 bits per heavy atom. The van der Waals surface area contributed by atoms with Crippen LogP contribution in [0.1, 0.15) is 18.4 Å². The van der Waals surface area contributed by atoms with E-state index in [2.05, 4.69) is 41.0 Å². The van der Waals surface area contributed by atoms with E-state index in [0.717, 1.165) is 31.1 Å².